The van der Waals surface area contributed by atoms with Crippen LogP contribution in [-0.4, -0.2) is 47.3 Å². The van der Waals surface area contributed by atoms with Crippen molar-refractivity contribution in [3.8, 4) is 5.75 Å². The van der Waals surface area contributed by atoms with Gasteiger partial charge in [0.2, 0.25) is 11.8 Å². The van der Waals surface area contributed by atoms with Crippen molar-refractivity contribution in [1.82, 2.24) is 14.8 Å². The smallest absolute Gasteiger partial charge is 0.227 e. The Labute approximate surface area is 182 Å². The van der Waals surface area contributed by atoms with Crippen LogP contribution in [-0.2, 0) is 22.7 Å². The van der Waals surface area contributed by atoms with Crippen molar-refractivity contribution in [2.45, 2.75) is 25.9 Å². The van der Waals surface area contributed by atoms with Gasteiger partial charge in [0.1, 0.15) is 5.75 Å². The summed E-state index contributed by atoms with van der Waals surface area (Å²) >= 11 is 0. The number of fused-ring (bicyclic) bond motifs is 1. The third-order valence-electron chi connectivity index (χ3n) is 5.88. The SMILES string of the molecule is COc1cccc(CN2C[C@@H](C(=O)N(C)Cc3ccnc4ccccc34)CCC2=O)c1. The molecule has 0 spiro atoms. The highest BCUT2D eigenvalue weighted by Crippen LogP contribution is 2.24. The van der Waals surface area contributed by atoms with Gasteiger partial charge in [-0.2, -0.15) is 0 Å². The van der Waals surface area contributed by atoms with E-state index in [1.807, 2.05) is 61.6 Å². The van der Waals surface area contributed by atoms with Crippen LogP contribution in [0.1, 0.15) is 24.0 Å². The Bertz CT molecular complexity index is 1090. The molecule has 1 fully saturated rings. The van der Waals surface area contributed by atoms with Crippen LogP contribution in [0.2, 0.25) is 0 Å². The normalized spacial score (nSPS) is 16.4. The predicted octanol–water partition coefficient (Wildman–Crippen LogP) is 3.64. The Balaban J connectivity index is 1.44. The predicted molar refractivity (Wildman–Crippen MR) is 119 cm³/mol. The van der Waals surface area contributed by atoms with E-state index in [0.717, 1.165) is 27.8 Å². The summed E-state index contributed by atoms with van der Waals surface area (Å²) in [5, 5.41) is 1.06. The fourth-order valence-electron chi connectivity index (χ4n) is 4.20. The van der Waals surface area contributed by atoms with E-state index in [9.17, 15) is 9.59 Å². The Morgan fingerprint density at radius 1 is 1.19 bits per heavy atom. The van der Waals surface area contributed by atoms with Crippen LogP contribution in [0.15, 0.2) is 60.8 Å². The first kappa shape index (κ1) is 20.8. The van der Waals surface area contributed by atoms with Crippen molar-refractivity contribution in [3.63, 3.8) is 0 Å². The molecule has 6 nitrogen and oxygen atoms in total. The Morgan fingerprint density at radius 2 is 2.03 bits per heavy atom. The Hall–Kier alpha value is -3.41. The molecule has 0 saturated carbocycles. The first-order valence-corrected chi connectivity index (χ1v) is 10.5. The summed E-state index contributed by atoms with van der Waals surface area (Å²) in [5.74, 6) is 0.735. The van der Waals surface area contributed by atoms with Crippen molar-refractivity contribution in [2.24, 2.45) is 5.92 Å². The summed E-state index contributed by atoms with van der Waals surface area (Å²) < 4.78 is 5.28. The molecule has 160 valence electrons. The van der Waals surface area contributed by atoms with Crippen LogP contribution < -0.4 is 4.74 Å². The number of ether oxygens (including phenoxy) is 1. The van der Waals surface area contributed by atoms with E-state index in [-0.39, 0.29) is 17.7 Å². The topological polar surface area (TPSA) is 62.7 Å². The first-order chi connectivity index (χ1) is 15.0. The van der Waals surface area contributed by atoms with Crippen molar-refractivity contribution in [3.05, 3.63) is 71.9 Å². The molecule has 3 aromatic rings. The average Bonchev–Trinajstić information content (AvgIpc) is 2.80. The second-order valence-corrected chi connectivity index (χ2v) is 8.04. The maximum Gasteiger partial charge on any atom is 0.227 e. The number of amides is 2. The molecular formula is C25H27N3O3. The van der Waals surface area contributed by atoms with Crippen LogP contribution in [0.4, 0.5) is 0 Å². The number of carbonyl (C=O) groups is 2. The zero-order chi connectivity index (χ0) is 21.8. The lowest BCUT2D eigenvalue weighted by Crippen LogP contribution is -2.45. The molecule has 4 rings (SSSR count). The fraction of sp³-hybridized carbons (Fsp3) is 0.320. The van der Waals surface area contributed by atoms with Crippen LogP contribution in [0.25, 0.3) is 10.9 Å². The van der Waals surface area contributed by atoms with E-state index in [1.54, 1.807) is 23.1 Å². The highest BCUT2D eigenvalue weighted by atomic mass is 16.5. The van der Waals surface area contributed by atoms with Crippen LogP contribution in [0.5, 0.6) is 5.75 Å². The summed E-state index contributed by atoms with van der Waals surface area (Å²) in [6, 6.07) is 17.6. The van der Waals surface area contributed by atoms with Gasteiger partial charge in [-0.25, -0.2) is 0 Å². The van der Waals surface area contributed by atoms with Gasteiger partial charge in [0.15, 0.2) is 0 Å². The zero-order valence-corrected chi connectivity index (χ0v) is 18.0. The van der Waals surface area contributed by atoms with Gasteiger partial charge in [-0.1, -0.05) is 30.3 Å². The number of hydrogen-bond acceptors (Lipinski definition) is 4. The van der Waals surface area contributed by atoms with Gasteiger partial charge in [-0.3, -0.25) is 14.6 Å². The maximum atomic E-state index is 13.2. The third-order valence-corrected chi connectivity index (χ3v) is 5.88. The number of pyridine rings is 1. The number of rotatable bonds is 6. The number of carbonyl (C=O) groups excluding carboxylic acids is 2. The lowest BCUT2D eigenvalue weighted by atomic mass is 9.95. The minimum Gasteiger partial charge on any atom is -0.497 e. The van der Waals surface area contributed by atoms with Gasteiger partial charge in [0.25, 0.3) is 0 Å². The number of hydrogen-bond donors (Lipinski definition) is 0. The fourth-order valence-corrected chi connectivity index (χ4v) is 4.20. The third kappa shape index (κ3) is 4.68. The second kappa shape index (κ2) is 9.16. The summed E-state index contributed by atoms with van der Waals surface area (Å²) in [6.07, 6.45) is 2.77. The molecule has 1 aromatic heterocycles. The summed E-state index contributed by atoms with van der Waals surface area (Å²) in [7, 11) is 3.46. The highest BCUT2D eigenvalue weighted by molar-refractivity contribution is 5.85. The number of likely N-dealkylation sites (tertiary alicyclic amines) is 1. The monoisotopic (exact) mass is 417 g/mol. The van der Waals surface area contributed by atoms with Crippen LogP contribution >= 0.6 is 0 Å². The van der Waals surface area contributed by atoms with E-state index in [2.05, 4.69) is 4.98 Å². The van der Waals surface area contributed by atoms with Crippen molar-refractivity contribution < 1.29 is 14.3 Å². The molecule has 0 bridgehead atoms. The molecule has 1 aliphatic heterocycles. The average molecular weight is 418 g/mol. The molecule has 31 heavy (non-hydrogen) atoms. The standard InChI is InChI=1S/C25H27N3O3/c1-27(16-19-12-13-26-23-9-4-3-8-22(19)23)25(30)20-10-11-24(29)28(17-20)15-18-6-5-7-21(14-18)31-2/h3-9,12-14,20H,10-11,15-17H2,1-2H3/t20-/m0/s1. The van der Waals surface area contributed by atoms with E-state index in [0.29, 0.717) is 32.5 Å². The van der Waals surface area contributed by atoms with Crippen LogP contribution in [0, 0.1) is 5.92 Å². The molecule has 2 amide bonds. The summed E-state index contributed by atoms with van der Waals surface area (Å²) in [4.78, 5) is 33.6. The highest BCUT2D eigenvalue weighted by Gasteiger charge is 2.32. The largest absolute Gasteiger partial charge is 0.497 e. The first-order valence-electron chi connectivity index (χ1n) is 10.5. The number of benzene rings is 2. The maximum absolute atomic E-state index is 13.2. The van der Waals surface area contributed by atoms with Gasteiger partial charge >= 0.3 is 0 Å². The minimum atomic E-state index is -0.193. The lowest BCUT2D eigenvalue weighted by Gasteiger charge is -2.34. The summed E-state index contributed by atoms with van der Waals surface area (Å²) in [6.45, 7) is 1.44. The van der Waals surface area contributed by atoms with E-state index in [1.165, 1.54) is 0 Å². The number of piperidine rings is 1. The van der Waals surface area contributed by atoms with Gasteiger partial charge in [0, 0.05) is 44.7 Å². The van der Waals surface area contributed by atoms with Crippen molar-refractivity contribution in [1.29, 1.82) is 0 Å². The molecule has 0 N–H and O–H groups in total. The zero-order valence-electron chi connectivity index (χ0n) is 18.0. The van der Waals surface area contributed by atoms with Gasteiger partial charge in [-0.05, 0) is 41.8 Å². The molecule has 2 aromatic carbocycles. The quantitative estimate of drug-likeness (QED) is 0.614. The molecule has 6 heteroatoms. The van der Waals surface area contributed by atoms with Gasteiger partial charge < -0.3 is 14.5 Å². The number of methoxy groups -OCH3 is 1. The lowest BCUT2D eigenvalue weighted by molar-refractivity contribution is -0.143. The molecular weight excluding hydrogens is 390 g/mol. The number of para-hydroxylation sites is 1. The molecule has 2 heterocycles. The Morgan fingerprint density at radius 3 is 2.87 bits per heavy atom. The molecule has 0 aliphatic carbocycles. The van der Waals surface area contributed by atoms with E-state index < -0.39 is 0 Å². The minimum absolute atomic E-state index is 0.0732. The molecule has 1 saturated heterocycles. The van der Waals surface area contributed by atoms with Crippen molar-refractivity contribution in [2.75, 3.05) is 20.7 Å². The van der Waals surface area contributed by atoms with Crippen molar-refractivity contribution >= 4 is 22.7 Å². The summed E-state index contributed by atoms with van der Waals surface area (Å²) in [5.41, 5.74) is 2.99. The van der Waals surface area contributed by atoms with E-state index >= 15 is 0 Å². The molecule has 1 aliphatic rings. The molecule has 1 atom stereocenters. The molecule has 0 radical (unpaired) electrons. The van der Waals surface area contributed by atoms with E-state index in [4.69, 9.17) is 4.74 Å². The van der Waals surface area contributed by atoms with Crippen LogP contribution in [0.3, 0.4) is 0 Å². The second-order valence-electron chi connectivity index (χ2n) is 8.04. The molecule has 0 unspecified atom stereocenters. The van der Waals surface area contributed by atoms with Gasteiger partial charge in [-0.15, -0.1) is 0 Å². The van der Waals surface area contributed by atoms with Gasteiger partial charge in [0.05, 0.1) is 18.5 Å². The Kier molecular flexibility index (Phi) is 6.16. The number of aromatic nitrogens is 1. The number of nitrogens with zero attached hydrogens (tertiary/aromatic N) is 3.